The molecular formula is C20H29N3Na2O6. The Hall–Kier alpha value is -0.940. The maximum atomic E-state index is 13.3. The number of hydrogen-bond donors (Lipinski definition) is 2. The quantitative estimate of drug-likeness (QED) is 0.300. The first-order valence-electron chi connectivity index (χ1n) is 9.63. The number of primary amides is 1. The van der Waals surface area contributed by atoms with Gasteiger partial charge in [-0.15, -0.1) is 0 Å². The minimum absolute atomic E-state index is 0. The van der Waals surface area contributed by atoms with Crippen LogP contribution in [-0.2, 0) is 24.5 Å². The van der Waals surface area contributed by atoms with Crippen molar-refractivity contribution in [2.45, 2.75) is 44.6 Å². The molecule has 2 unspecified atom stereocenters. The summed E-state index contributed by atoms with van der Waals surface area (Å²) in [6.45, 7) is 3.84. The van der Waals surface area contributed by atoms with Crippen molar-refractivity contribution in [3.8, 4) is 0 Å². The molecule has 0 aromatic heterocycles. The van der Waals surface area contributed by atoms with Crippen molar-refractivity contribution >= 4 is 83.1 Å². The summed E-state index contributed by atoms with van der Waals surface area (Å²) in [7, 11) is 0. The fourth-order valence-corrected chi connectivity index (χ4v) is 3.30. The molecule has 0 aliphatic carbocycles. The first kappa shape index (κ1) is 30.1. The first-order chi connectivity index (χ1) is 13.9. The van der Waals surface area contributed by atoms with Gasteiger partial charge in [-0.1, -0.05) is 50.6 Å². The number of benzene rings is 1. The number of carbonyl (C=O) groups is 4. The number of nitrogens with two attached hydrogens (primary N) is 1. The molecule has 1 aliphatic rings. The molecule has 0 spiro atoms. The molecule has 9 nitrogen and oxygen atoms in total. The average Bonchev–Trinajstić information content (AvgIpc) is 2.69. The van der Waals surface area contributed by atoms with E-state index in [4.69, 9.17) is 15.2 Å². The van der Waals surface area contributed by atoms with Gasteiger partial charge in [-0.2, -0.15) is 0 Å². The molecule has 2 atom stereocenters. The van der Waals surface area contributed by atoms with Gasteiger partial charge in [0.05, 0.1) is 13.2 Å². The van der Waals surface area contributed by atoms with Crippen LogP contribution in [-0.4, -0.2) is 114 Å². The van der Waals surface area contributed by atoms with Gasteiger partial charge in [-0.3, -0.25) is 19.8 Å². The van der Waals surface area contributed by atoms with E-state index in [1.165, 1.54) is 0 Å². The number of urea groups is 1. The van der Waals surface area contributed by atoms with Gasteiger partial charge >= 0.3 is 71.2 Å². The number of unbranched alkanes of at least 4 members (excludes halogenated alkanes) is 1. The summed E-state index contributed by atoms with van der Waals surface area (Å²) < 4.78 is 10.5. The Kier molecular flexibility index (Phi) is 13.8. The number of nitrogens with zero attached hydrogens (tertiary/aromatic N) is 1. The SMILES string of the molecule is CCCCOCC(CN1C(=O)NC(=O)C(CC)(c2ccccc2)C1=O)OC(N)=O.[NaH].[NaH]. The Bertz CT molecular complexity index is 765. The summed E-state index contributed by atoms with van der Waals surface area (Å²) in [5.41, 5.74) is 4.05. The van der Waals surface area contributed by atoms with E-state index in [1.807, 2.05) is 6.92 Å². The molecule has 0 bridgehead atoms. The zero-order valence-electron chi connectivity index (χ0n) is 16.7. The molecule has 1 aromatic rings. The predicted molar refractivity (Wildman–Crippen MR) is 118 cm³/mol. The van der Waals surface area contributed by atoms with E-state index in [1.54, 1.807) is 37.3 Å². The summed E-state index contributed by atoms with van der Waals surface area (Å²) >= 11 is 0. The Morgan fingerprint density at radius 3 is 2.35 bits per heavy atom. The van der Waals surface area contributed by atoms with Crippen LogP contribution in [0.4, 0.5) is 9.59 Å². The second-order valence-electron chi connectivity index (χ2n) is 6.79. The number of hydrogen-bond acceptors (Lipinski definition) is 6. The van der Waals surface area contributed by atoms with E-state index >= 15 is 0 Å². The van der Waals surface area contributed by atoms with Gasteiger partial charge in [0, 0.05) is 6.61 Å². The Morgan fingerprint density at radius 2 is 1.81 bits per heavy atom. The van der Waals surface area contributed by atoms with Crippen LogP contribution in [0.25, 0.3) is 0 Å². The van der Waals surface area contributed by atoms with Crippen LogP contribution in [0.2, 0.25) is 0 Å². The standard InChI is InChI=1S/C20H27N3O6.2Na.2H/c1-3-5-11-28-13-15(29-18(21)26)12-23-17(25)20(4-2,16(24)22-19(23)27)14-9-7-6-8-10-14;;;;/h6-10,15H,3-5,11-13H2,1-2H3,(H2,21,26)(H,22,24,27);;;;. The van der Waals surface area contributed by atoms with Crippen molar-refractivity contribution in [3.63, 3.8) is 0 Å². The molecule has 1 heterocycles. The van der Waals surface area contributed by atoms with Crippen LogP contribution in [0.3, 0.4) is 0 Å². The third-order valence-electron chi connectivity index (χ3n) is 4.88. The number of nitrogens with one attached hydrogen (secondary N) is 1. The van der Waals surface area contributed by atoms with Crippen LogP contribution in [0.5, 0.6) is 0 Å². The molecule has 0 saturated carbocycles. The molecule has 1 aliphatic heterocycles. The topological polar surface area (TPSA) is 128 Å². The maximum absolute atomic E-state index is 13.3. The summed E-state index contributed by atoms with van der Waals surface area (Å²) in [4.78, 5) is 50.6. The van der Waals surface area contributed by atoms with E-state index in [0.29, 0.717) is 12.2 Å². The van der Waals surface area contributed by atoms with E-state index in [2.05, 4.69) is 5.32 Å². The zero-order chi connectivity index (χ0) is 21.4. The number of imide groups is 2. The van der Waals surface area contributed by atoms with E-state index in [-0.39, 0.29) is 78.7 Å². The van der Waals surface area contributed by atoms with Crippen LogP contribution < -0.4 is 11.1 Å². The molecule has 1 aromatic carbocycles. The number of barbiturate groups is 1. The Labute approximate surface area is 226 Å². The van der Waals surface area contributed by atoms with Crippen LogP contribution in [0.15, 0.2) is 30.3 Å². The van der Waals surface area contributed by atoms with Crippen molar-refractivity contribution in [3.05, 3.63) is 35.9 Å². The number of amides is 5. The monoisotopic (exact) mass is 453 g/mol. The summed E-state index contributed by atoms with van der Waals surface area (Å²) in [5.74, 6) is -1.35. The van der Waals surface area contributed by atoms with Gasteiger partial charge in [0.2, 0.25) is 5.91 Å². The number of carbonyl (C=O) groups excluding carboxylic acids is 4. The van der Waals surface area contributed by atoms with Gasteiger partial charge in [-0.25, -0.2) is 9.59 Å². The van der Waals surface area contributed by atoms with E-state index < -0.39 is 35.5 Å². The fourth-order valence-electron chi connectivity index (χ4n) is 3.30. The predicted octanol–water partition coefficient (Wildman–Crippen LogP) is 0.396. The molecule has 5 amide bonds. The molecule has 2 rings (SSSR count). The van der Waals surface area contributed by atoms with Crippen molar-refractivity contribution in [1.82, 2.24) is 10.2 Å². The van der Waals surface area contributed by atoms with Crippen LogP contribution in [0.1, 0.15) is 38.7 Å². The summed E-state index contributed by atoms with van der Waals surface area (Å²) in [5, 5.41) is 2.25. The van der Waals surface area contributed by atoms with Crippen molar-refractivity contribution in [2.75, 3.05) is 19.8 Å². The first-order valence-corrected chi connectivity index (χ1v) is 9.63. The molecule has 11 heteroatoms. The molecule has 31 heavy (non-hydrogen) atoms. The summed E-state index contributed by atoms with van der Waals surface area (Å²) in [6, 6.07) is 7.67. The molecule has 1 saturated heterocycles. The summed E-state index contributed by atoms with van der Waals surface area (Å²) in [6.07, 6.45) is -0.0994. The van der Waals surface area contributed by atoms with Gasteiger partial charge in [0.1, 0.15) is 6.10 Å². The van der Waals surface area contributed by atoms with Gasteiger partial charge < -0.3 is 15.2 Å². The Morgan fingerprint density at radius 1 is 1.16 bits per heavy atom. The van der Waals surface area contributed by atoms with Gasteiger partial charge in [0.15, 0.2) is 5.41 Å². The average molecular weight is 453 g/mol. The number of rotatable bonds is 10. The fraction of sp³-hybridized carbons (Fsp3) is 0.500. The van der Waals surface area contributed by atoms with Crippen LogP contribution >= 0.6 is 0 Å². The molecule has 0 radical (unpaired) electrons. The molecule has 162 valence electrons. The third-order valence-corrected chi connectivity index (χ3v) is 4.88. The molecule has 3 N–H and O–H groups in total. The normalized spacial score (nSPS) is 19.0. The van der Waals surface area contributed by atoms with Gasteiger partial charge in [0.25, 0.3) is 5.91 Å². The molecule has 1 fully saturated rings. The van der Waals surface area contributed by atoms with E-state index in [0.717, 1.165) is 17.7 Å². The Balaban J connectivity index is 0.00000450. The van der Waals surface area contributed by atoms with Gasteiger partial charge in [-0.05, 0) is 18.4 Å². The third kappa shape index (κ3) is 7.28. The molecular weight excluding hydrogens is 424 g/mol. The second-order valence-corrected chi connectivity index (χ2v) is 6.79. The second kappa shape index (κ2) is 14.3. The number of ether oxygens (including phenoxy) is 2. The van der Waals surface area contributed by atoms with Crippen molar-refractivity contribution < 1.29 is 28.7 Å². The minimum atomic E-state index is -1.55. The van der Waals surface area contributed by atoms with Crippen LogP contribution in [0, 0.1) is 0 Å². The van der Waals surface area contributed by atoms with E-state index in [9.17, 15) is 19.2 Å². The van der Waals surface area contributed by atoms with Crippen molar-refractivity contribution in [1.29, 1.82) is 0 Å². The zero-order valence-corrected chi connectivity index (χ0v) is 16.7. The van der Waals surface area contributed by atoms with Crippen molar-refractivity contribution in [2.24, 2.45) is 5.73 Å².